The topological polar surface area (TPSA) is 79.3 Å². The second-order valence-electron chi connectivity index (χ2n) is 5.06. The number of carbonyl (C=O) groups excluding carboxylic acids is 1. The van der Waals surface area contributed by atoms with Gasteiger partial charge in [0.25, 0.3) is 5.91 Å². The van der Waals surface area contributed by atoms with Gasteiger partial charge in [-0.15, -0.1) is 23.7 Å². The zero-order valence-electron chi connectivity index (χ0n) is 11.1. The van der Waals surface area contributed by atoms with Gasteiger partial charge in [-0.3, -0.25) is 4.79 Å². The third-order valence-electron chi connectivity index (χ3n) is 2.30. The van der Waals surface area contributed by atoms with Crippen molar-refractivity contribution in [2.75, 3.05) is 0 Å². The third-order valence-corrected chi connectivity index (χ3v) is 3.57. The number of carbonyl (C=O) groups is 2. The predicted octanol–water partition coefficient (Wildman–Crippen LogP) is 1.65. The Morgan fingerprint density at radius 3 is 2.63 bits per heavy atom. The molecule has 0 aromatic carbocycles. The minimum atomic E-state index is -1.16. The fourth-order valence-electron chi connectivity index (χ4n) is 1.27. The van der Waals surface area contributed by atoms with Crippen molar-refractivity contribution in [2.24, 2.45) is 0 Å². The molecule has 0 radical (unpaired) electrons. The number of aromatic nitrogens is 1. The lowest BCUT2D eigenvalue weighted by atomic mass is 9.98. The number of nitrogens with one attached hydrogen (secondary N) is 1. The van der Waals surface area contributed by atoms with E-state index in [4.69, 9.17) is 11.5 Å². The third kappa shape index (κ3) is 4.07. The van der Waals surface area contributed by atoms with Gasteiger partial charge in [-0.25, -0.2) is 9.78 Å². The normalized spacial score (nSPS) is 12.5. The van der Waals surface area contributed by atoms with Crippen molar-refractivity contribution in [3.63, 3.8) is 0 Å². The van der Waals surface area contributed by atoms with Crippen molar-refractivity contribution in [3.05, 3.63) is 16.1 Å². The summed E-state index contributed by atoms with van der Waals surface area (Å²) < 4.78 is 0. The van der Waals surface area contributed by atoms with Crippen molar-refractivity contribution < 1.29 is 14.7 Å². The summed E-state index contributed by atoms with van der Waals surface area (Å²) >= 11 is 1.37. The minimum Gasteiger partial charge on any atom is -0.480 e. The Bertz CT molecular complexity index is 523. The SMILES string of the molecule is C#CC[C@H](NC(=O)c1csc(C(C)(C)C)n1)C(=O)O. The first-order chi connectivity index (χ1) is 8.75. The number of carboxylic acids is 1. The lowest BCUT2D eigenvalue weighted by Crippen LogP contribution is -2.40. The summed E-state index contributed by atoms with van der Waals surface area (Å²) in [5.74, 6) is 0.548. The second-order valence-corrected chi connectivity index (χ2v) is 5.92. The molecule has 1 heterocycles. The van der Waals surface area contributed by atoms with E-state index in [-0.39, 0.29) is 17.5 Å². The molecule has 19 heavy (non-hydrogen) atoms. The van der Waals surface area contributed by atoms with E-state index in [2.05, 4.69) is 16.2 Å². The number of aliphatic carboxylic acids is 1. The summed E-state index contributed by atoms with van der Waals surface area (Å²) in [4.78, 5) is 27.0. The van der Waals surface area contributed by atoms with Crippen LogP contribution in [0, 0.1) is 12.3 Å². The summed E-state index contributed by atoms with van der Waals surface area (Å²) in [6, 6.07) is -1.09. The van der Waals surface area contributed by atoms with Crippen LogP contribution in [-0.4, -0.2) is 28.0 Å². The van der Waals surface area contributed by atoms with Gasteiger partial charge < -0.3 is 10.4 Å². The molecule has 0 unspecified atom stereocenters. The molecule has 6 heteroatoms. The number of nitrogens with zero attached hydrogens (tertiary/aromatic N) is 1. The molecule has 0 saturated carbocycles. The van der Waals surface area contributed by atoms with Crippen LogP contribution < -0.4 is 5.32 Å². The molecular weight excluding hydrogens is 264 g/mol. The van der Waals surface area contributed by atoms with Gasteiger partial charge >= 0.3 is 5.97 Å². The number of carboxylic acid groups (broad SMARTS) is 1. The van der Waals surface area contributed by atoms with Crippen LogP contribution in [0.3, 0.4) is 0 Å². The molecule has 0 fully saturated rings. The number of hydrogen-bond acceptors (Lipinski definition) is 4. The Hall–Kier alpha value is -1.87. The Kier molecular flexibility index (Phi) is 4.67. The summed E-state index contributed by atoms with van der Waals surface area (Å²) in [7, 11) is 0. The fourth-order valence-corrected chi connectivity index (χ4v) is 2.16. The quantitative estimate of drug-likeness (QED) is 0.822. The van der Waals surface area contributed by atoms with E-state index < -0.39 is 17.9 Å². The summed E-state index contributed by atoms with van der Waals surface area (Å²) in [5.41, 5.74) is 0.0759. The van der Waals surface area contributed by atoms with Crippen molar-refractivity contribution in [1.29, 1.82) is 0 Å². The van der Waals surface area contributed by atoms with Crippen LogP contribution in [0.15, 0.2) is 5.38 Å². The molecule has 1 aromatic heterocycles. The average molecular weight is 280 g/mol. The molecule has 0 saturated heterocycles. The van der Waals surface area contributed by atoms with Crippen LogP contribution in [0.1, 0.15) is 42.7 Å². The van der Waals surface area contributed by atoms with E-state index in [9.17, 15) is 9.59 Å². The van der Waals surface area contributed by atoms with Gasteiger partial charge in [0.2, 0.25) is 0 Å². The Balaban J connectivity index is 2.81. The van der Waals surface area contributed by atoms with E-state index in [0.717, 1.165) is 5.01 Å². The van der Waals surface area contributed by atoms with Gasteiger partial charge in [-0.1, -0.05) is 20.8 Å². The Morgan fingerprint density at radius 1 is 1.58 bits per heavy atom. The second kappa shape index (κ2) is 5.85. The number of hydrogen-bond donors (Lipinski definition) is 2. The zero-order valence-corrected chi connectivity index (χ0v) is 11.9. The standard InChI is InChI=1S/C13H16N2O3S/c1-5-6-8(11(17)18)14-10(16)9-7-19-12(15-9)13(2,3)4/h1,7-8H,6H2,2-4H3,(H,14,16)(H,17,18)/t8-/m0/s1. The van der Waals surface area contributed by atoms with Crippen LogP contribution >= 0.6 is 11.3 Å². The first kappa shape index (κ1) is 15.2. The van der Waals surface area contributed by atoms with Crippen LogP contribution in [0.25, 0.3) is 0 Å². The Labute approximate surface area is 116 Å². The summed E-state index contributed by atoms with van der Waals surface area (Å²) in [6.07, 6.45) is 5.01. The van der Waals surface area contributed by atoms with Gasteiger partial charge in [0.05, 0.1) is 5.01 Å². The average Bonchev–Trinajstić information content (AvgIpc) is 2.76. The lowest BCUT2D eigenvalue weighted by Gasteiger charge is -2.13. The van der Waals surface area contributed by atoms with Crippen LogP contribution in [0.2, 0.25) is 0 Å². The number of rotatable bonds is 4. The molecule has 1 atom stereocenters. The molecule has 5 nitrogen and oxygen atoms in total. The molecule has 102 valence electrons. The summed E-state index contributed by atoms with van der Waals surface area (Å²) in [5, 5.41) is 13.7. The zero-order chi connectivity index (χ0) is 14.6. The molecule has 0 aliphatic rings. The van der Waals surface area contributed by atoms with Crippen molar-refractivity contribution in [1.82, 2.24) is 10.3 Å². The van der Waals surface area contributed by atoms with Gasteiger partial charge in [0, 0.05) is 17.2 Å². The minimum absolute atomic E-state index is 0.0582. The highest BCUT2D eigenvalue weighted by Crippen LogP contribution is 2.25. The van der Waals surface area contributed by atoms with E-state index in [1.165, 1.54) is 11.3 Å². The Morgan fingerprint density at radius 2 is 2.21 bits per heavy atom. The lowest BCUT2D eigenvalue weighted by molar-refractivity contribution is -0.139. The highest BCUT2D eigenvalue weighted by molar-refractivity contribution is 7.10. The molecule has 0 spiro atoms. The van der Waals surface area contributed by atoms with Gasteiger partial charge in [-0.05, 0) is 0 Å². The van der Waals surface area contributed by atoms with E-state index in [0.29, 0.717) is 0 Å². The molecule has 0 bridgehead atoms. The van der Waals surface area contributed by atoms with Crippen LogP contribution in [0.5, 0.6) is 0 Å². The molecule has 1 aromatic rings. The highest BCUT2D eigenvalue weighted by atomic mass is 32.1. The number of amides is 1. The van der Waals surface area contributed by atoms with Crippen LogP contribution in [-0.2, 0) is 10.2 Å². The van der Waals surface area contributed by atoms with Gasteiger partial charge in [0.15, 0.2) is 0 Å². The molecule has 1 rings (SSSR count). The molecule has 1 amide bonds. The molecular formula is C13H16N2O3S. The van der Waals surface area contributed by atoms with E-state index in [1.54, 1.807) is 5.38 Å². The number of terminal acetylenes is 1. The summed E-state index contributed by atoms with van der Waals surface area (Å²) in [6.45, 7) is 5.98. The van der Waals surface area contributed by atoms with Crippen molar-refractivity contribution in [3.8, 4) is 12.3 Å². The maximum atomic E-state index is 11.9. The molecule has 0 aliphatic heterocycles. The highest BCUT2D eigenvalue weighted by Gasteiger charge is 2.23. The monoisotopic (exact) mass is 280 g/mol. The van der Waals surface area contributed by atoms with Crippen LogP contribution in [0.4, 0.5) is 0 Å². The molecule has 2 N–H and O–H groups in total. The van der Waals surface area contributed by atoms with Gasteiger partial charge in [-0.2, -0.15) is 0 Å². The van der Waals surface area contributed by atoms with Crippen molar-refractivity contribution >= 4 is 23.2 Å². The first-order valence-electron chi connectivity index (χ1n) is 5.69. The van der Waals surface area contributed by atoms with Crippen molar-refractivity contribution in [2.45, 2.75) is 38.6 Å². The molecule has 0 aliphatic carbocycles. The smallest absolute Gasteiger partial charge is 0.327 e. The van der Waals surface area contributed by atoms with Gasteiger partial charge in [0.1, 0.15) is 11.7 Å². The van der Waals surface area contributed by atoms with E-state index in [1.807, 2.05) is 20.8 Å². The van der Waals surface area contributed by atoms with E-state index >= 15 is 0 Å². The largest absolute Gasteiger partial charge is 0.480 e. The maximum absolute atomic E-state index is 11.9. The predicted molar refractivity (Wildman–Crippen MR) is 73.2 cm³/mol. The number of thiazole rings is 1. The first-order valence-corrected chi connectivity index (χ1v) is 6.57. The maximum Gasteiger partial charge on any atom is 0.327 e. The fraction of sp³-hybridized carbons (Fsp3) is 0.462.